The minimum absolute atomic E-state index is 0.0176. The second-order valence-electron chi connectivity index (χ2n) is 13.6. The van der Waals surface area contributed by atoms with Gasteiger partial charge in [0.2, 0.25) is 0 Å². The Hall–Kier alpha value is -0.420. The van der Waals surface area contributed by atoms with E-state index in [9.17, 15) is 20.4 Å². The Kier molecular flexibility index (Phi) is 6.69. The molecule has 33 heavy (non-hydrogen) atoms. The van der Waals surface area contributed by atoms with Gasteiger partial charge in [-0.3, -0.25) is 0 Å². The number of hydrogen-bond acceptors (Lipinski definition) is 4. The molecular weight excluding hydrogens is 412 g/mol. The molecular formula is C29H50O4. The van der Waals surface area contributed by atoms with Gasteiger partial charge in [-0.25, -0.2) is 0 Å². The summed E-state index contributed by atoms with van der Waals surface area (Å²) in [6.45, 7) is 16.2. The summed E-state index contributed by atoms with van der Waals surface area (Å²) in [5, 5.41) is 44.8. The molecule has 0 aromatic heterocycles. The van der Waals surface area contributed by atoms with Crippen molar-refractivity contribution in [2.24, 2.45) is 46.3 Å². The Labute approximate surface area is 201 Å². The normalized spacial score (nSPS) is 50.9. The summed E-state index contributed by atoms with van der Waals surface area (Å²) in [6.07, 6.45) is 4.26. The van der Waals surface area contributed by atoms with Crippen LogP contribution in [0.3, 0.4) is 0 Å². The van der Waals surface area contributed by atoms with Crippen LogP contribution in [0.4, 0.5) is 0 Å². The number of hydrogen-bond donors (Lipinski definition) is 4. The molecule has 0 aromatic carbocycles. The Bertz CT molecular complexity index is 776. The van der Waals surface area contributed by atoms with Crippen molar-refractivity contribution in [1.29, 1.82) is 0 Å². The van der Waals surface area contributed by atoms with E-state index >= 15 is 0 Å². The second-order valence-corrected chi connectivity index (χ2v) is 13.6. The van der Waals surface area contributed by atoms with Gasteiger partial charge in [-0.2, -0.15) is 0 Å². The average molecular weight is 463 g/mol. The van der Waals surface area contributed by atoms with Crippen LogP contribution in [0.1, 0.15) is 99.8 Å². The summed E-state index contributed by atoms with van der Waals surface area (Å²) in [6, 6.07) is 0. The van der Waals surface area contributed by atoms with Crippen LogP contribution in [0.5, 0.6) is 0 Å². The molecule has 0 spiro atoms. The van der Waals surface area contributed by atoms with Gasteiger partial charge >= 0.3 is 0 Å². The fourth-order valence-electron chi connectivity index (χ4n) is 9.35. The molecule has 0 aromatic rings. The molecule has 4 nitrogen and oxygen atoms in total. The number of aliphatic hydroxyl groups excluding tert-OH is 3. The first kappa shape index (κ1) is 25.7. The third kappa shape index (κ3) is 3.77. The number of allylic oxidation sites excluding steroid dienone is 2. The van der Waals surface area contributed by atoms with E-state index in [4.69, 9.17) is 0 Å². The van der Waals surface area contributed by atoms with Crippen molar-refractivity contribution in [3.05, 3.63) is 11.1 Å². The van der Waals surface area contributed by atoms with Gasteiger partial charge in [0.05, 0.1) is 23.9 Å². The molecule has 0 heterocycles. The van der Waals surface area contributed by atoms with E-state index in [1.807, 2.05) is 0 Å². The molecule has 4 heteroatoms. The van der Waals surface area contributed by atoms with Crippen LogP contribution in [0.15, 0.2) is 11.1 Å². The summed E-state index contributed by atoms with van der Waals surface area (Å²) in [5.74, 6) is 2.64. The minimum atomic E-state index is -1.31. The Balaban J connectivity index is 1.65. The minimum Gasteiger partial charge on any atom is -0.393 e. The van der Waals surface area contributed by atoms with Crippen LogP contribution >= 0.6 is 0 Å². The van der Waals surface area contributed by atoms with E-state index in [1.165, 1.54) is 5.57 Å². The van der Waals surface area contributed by atoms with Crippen molar-refractivity contribution >= 4 is 0 Å². The highest BCUT2D eigenvalue weighted by molar-refractivity contribution is 5.30. The molecule has 0 radical (unpaired) electrons. The molecule has 4 N–H and O–H groups in total. The molecule has 0 bridgehead atoms. The number of aliphatic hydroxyl groups is 4. The molecule has 4 aliphatic carbocycles. The van der Waals surface area contributed by atoms with Gasteiger partial charge < -0.3 is 20.4 Å². The van der Waals surface area contributed by atoms with Gasteiger partial charge in [-0.1, -0.05) is 52.7 Å². The Morgan fingerprint density at radius 2 is 1.70 bits per heavy atom. The highest BCUT2D eigenvalue weighted by Gasteiger charge is 2.69. The first-order valence-electron chi connectivity index (χ1n) is 13.7. The molecule has 11 atom stereocenters. The van der Waals surface area contributed by atoms with E-state index < -0.39 is 29.3 Å². The van der Waals surface area contributed by atoms with Crippen LogP contribution < -0.4 is 0 Å². The summed E-state index contributed by atoms with van der Waals surface area (Å²) in [5.41, 5.74) is 1.19. The zero-order valence-corrected chi connectivity index (χ0v) is 22.1. The maximum Gasteiger partial charge on any atom is 0.0986 e. The maximum atomic E-state index is 11.7. The third-order valence-electron chi connectivity index (χ3n) is 11.6. The van der Waals surface area contributed by atoms with Crippen LogP contribution in [-0.2, 0) is 0 Å². The largest absolute Gasteiger partial charge is 0.393 e. The van der Waals surface area contributed by atoms with Gasteiger partial charge in [-0.05, 0) is 92.8 Å². The standard InChI is InChI=1S/C29H50O4/c1-16(2)19(5)17(3)12-18(4)22-8-9-23-21-13-25(32)29(33)14-20(30)10-11-28(29,7)26(21)24(31)15-27(22,23)6/h16-17,19-21,23-26,30-33H,8-15H2,1-7H3/b22-18+/t17-,19-,20+,21+,23+,24-,25-,26-,27-,28-,29+/m1/s1. The van der Waals surface area contributed by atoms with Gasteiger partial charge in [0.1, 0.15) is 0 Å². The van der Waals surface area contributed by atoms with Crippen LogP contribution in [0.2, 0.25) is 0 Å². The molecule has 0 aliphatic heterocycles. The first-order valence-corrected chi connectivity index (χ1v) is 13.7. The summed E-state index contributed by atoms with van der Waals surface area (Å²) in [7, 11) is 0. The van der Waals surface area contributed by atoms with Crippen molar-refractivity contribution in [1.82, 2.24) is 0 Å². The lowest BCUT2D eigenvalue weighted by atomic mass is 9.42. The molecule has 4 fully saturated rings. The lowest BCUT2D eigenvalue weighted by molar-refractivity contribution is -0.279. The van der Waals surface area contributed by atoms with Crippen molar-refractivity contribution < 1.29 is 20.4 Å². The lowest BCUT2D eigenvalue weighted by Crippen LogP contribution is -2.70. The number of rotatable bonds is 4. The van der Waals surface area contributed by atoms with E-state index in [0.29, 0.717) is 42.9 Å². The highest BCUT2D eigenvalue weighted by Crippen LogP contribution is 2.68. The second kappa shape index (κ2) is 8.61. The smallest absolute Gasteiger partial charge is 0.0986 e. The van der Waals surface area contributed by atoms with Gasteiger partial charge in [0.15, 0.2) is 0 Å². The maximum absolute atomic E-state index is 11.7. The van der Waals surface area contributed by atoms with E-state index in [0.717, 1.165) is 25.7 Å². The van der Waals surface area contributed by atoms with E-state index in [-0.39, 0.29) is 23.7 Å². The van der Waals surface area contributed by atoms with E-state index in [1.54, 1.807) is 5.57 Å². The first-order chi connectivity index (χ1) is 15.3. The lowest BCUT2D eigenvalue weighted by Gasteiger charge is -2.66. The molecule has 0 amide bonds. The predicted molar refractivity (Wildman–Crippen MR) is 132 cm³/mol. The zero-order chi connectivity index (χ0) is 24.5. The molecule has 4 saturated carbocycles. The van der Waals surface area contributed by atoms with Crippen molar-refractivity contribution in [2.45, 2.75) is 124 Å². The zero-order valence-electron chi connectivity index (χ0n) is 22.1. The number of fused-ring (bicyclic) bond motifs is 5. The molecule has 4 aliphatic rings. The summed E-state index contributed by atoms with van der Waals surface area (Å²) in [4.78, 5) is 0. The molecule has 4 rings (SSSR count). The quantitative estimate of drug-likeness (QED) is 0.439. The summed E-state index contributed by atoms with van der Waals surface area (Å²) < 4.78 is 0. The fraction of sp³-hybridized carbons (Fsp3) is 0.931. The molecule has 0 unspecified atom stereocenters. The fourth-order valence-corrected chi connectivity index (χ4v) is 9.35. The SMILES string of the molecule is C/C(C[C@@H](C)[C@H](C)C(C)C)=C1/CC[C@H]2[C@@H]3C[C@@H](O)[C@@]4(O)C[C@@H](O)CC[C@]4(C)[C@H]3[C@H](O)C[C@]12C. The highest BCUT2D eigenvalue weighted by atomic mass is 16.3. The predicted octanol–water partition coefficient (Wildman–Crippen LogP) is 5.08. The van der Waals surface area contributed by atoms with Gasteiger partial charge in [-0.15, -0.1) is 0 Å². The van der Waals surface area contributed by atoms with Gasteiger partial charge in [0.25, 0.3) is 0 Å². The monoisotopic (exact) mass is 462 g/mol. The van der Waals surface area contributed by atoms with Crippen molar-refractivity contribution in [3.8, 4) is 0 Å². The van der Waals surface area contributed by atoms with Crippen LogP contribution in [-0.4, -0.2) is 44.3 Å². The third-order valence-corrected chi connectivity index (χ3v) is 11.6. The van der Waals surface area contributed by atoms with E-state index in [2.05, 4.69) is 48.5 Å². The van der Waals surface area contributed by atoms with Crippen LogP contribution in [0, 0.1) is 46.3 Å². The van der Waals surface area contributed by atoms with Crippen molar-refractivity contribution in [2.75, 3.05) is 0 Å². The molecule has 190 valence electrons. The summed E-state index contributed by atoms with van der Waals surface area (Å²) >= 11 is 0. The van der Waals surface area contributed by atoms with Gasteiger partial charge in [0, 0.05) is 11.8 Å². The molecule has 0 saturated heterocycles. The topological polar surface area (TPSA) is 80.9 Å². The Morgan fingerprint density at radius 1 is 1.03 bits per heavy atom. The van der Waals surface area contributed by atoms with Crippen molar-refractivity contribution in [3.63, 3.8) is 0 Å². The van der Waals surface area contributed by atoms with Crippen LogP contribution in [0.25, 0.3) is 0 Å². The Morgan fingerprint density at radius 3 is 2.33 bits per heavy atom. The average Bonchev–Trinajstić information content (AvgIpc) is 3.06.